The van der Waals surface area contributed by atoms with Crippen LogP contribution in [0.5, 0.6) is 0 Å². The first-order valence-corrected chi connectivity index (χ1v) is 13.8. The van der Waals surface area contributed by atoms with Crippen molar-refractivity contribution >= 4 is 35.3 Å². The molecule has 3 aromatic carbocycles. The molecule has 2 saturated heterocycles. The first-order valence-electron chi connectivity index (χ1n) is 13.0. The molecule has 0 aromatic heterocycles. The number of fused-ring (bicyclic) bond motifs is 1. The zero-order chi connectivity index (χ0) is 26.1. The lowest BCUT2D eigenvalue weighted by atomic mass is 10.0. The minimum atomic E-state index is -0.526. The Morgan fingerprint density at radius 2 is 1.74 bits per heavy atom. The van der Waals surface area contributed by atoms with Crippen molar-refractivity contribution in [3.63, 3.8) is 0 Å². The maximum absolute atomic E-state index is 13.8. The van der Waals surface area contributed by atoms with Gasteiger partial charge in [-0.3, -0.25) is 9.59 Å². The number of amides is 2. The number of piperidine rings is 1. The van der Waals surface area contributed by atoms with Crippen LogP contribution in [-0.4, -0.2) is 48.8 Å². The topological polar surface area (TPSA) is 59.1 Å². The van der Waals surface area contributed by atoms with E-state index in [1.807, 2.05) is 84.6 Å². The highest BCUT2D eigenvalue weighted by molar-refractivity contribution is 8.04. The third-order valence-corrected chi connectivity index (χ3v) is 8.40. The van der Waals surface area contributed by atoms with Crippen molar-refractivity contribution in [2.24, 2.45) is 0 Å². The van der Waals surface area contributed by atoms with Gasteiger partial charge in [-0.2, -0.15) is 0 Å². The van der Waals surface area contributed by atoms with Crippen molar-refractivity contribution in [1.29, 1.82) is 0 Å². The Morgan fingerprint density at radius 1 is 0.974 bits per heavy atom. The lowest BCUT2D eigenvalue weighted by Crippen LogP contribution is -2.47. The summed E-state index contributed by atoms with van der Waals surface area (Å²) in [5.41, 5.74) is 4.53. The Bertz CT molecular complexity index is 1390. The lowest BCUT2D eigenvalue weighted by molar-refractivity contribution is -0.181. The molecule has 0 aliphatic carbocycles. The van der Waals surface area contributed by atoms with E-state index in [0.717, 1.165) is 27.3 Å². The van der Waals surface area contributed by atoms with Gasteiger partial charge in [-0.15, -0.1) is 0 Å². The number of likely N-dealkylation sites (tertiary alicyclic amines) is 1. The molecule has 0 N–H and O–H groups in total. The number of nitrogens with zero attached hydrogens (tertiary/aromatic N) is 2. The molecule has 0 radical (unpaired) electrons. The highest BCUT2D eigenvalue weighted by Gasteiger charge is 2.41. The summed E-state index contributed by atoms with van der Waals surface area (Å²) in [4.78, 5) is 32.6. The summed E-state index contributed by atoms with van der Waals surface area (Å²) in [5.74, 6) is -0.617. The number of ether oxygens (including phenoxy) is 2. The van der Waals surface area contributed by atoms with Crippen molar-refractivity contribution < 1.29 is 19.1 Å². The van der Waals surface area contributed by atoms with Crippen molar-refractivity contribution in [3.05, 3.63) is 100.0 Å². The molecule has 38 heavy (non-hydrogen) atoms. The molecule has 0 saturated carbocycles. The molecular weight excluding hydrogens is 496 g/mol. The van der Waals surface area contributed by atoms with E-state index in [-0.39, 0.29) is 11.8 Å². The SMILES string of the molecule is Cc1cccc(CN2C(=O)/C(=C/c3ccccc3)Sc3ccc(C(=O)N4CCC5(CC4)OCCO5)cc32)c1. The first-order chi connectivity index (χ1) is 18.5. The molecule has 3 aromatic rings. The summed E-state index contributed by atoms with van der Waals surface area (Å²) in [6, 6.07) is 23.8. The van der Waals surface area contributed by atoms with Crippen LogP contribution in [0.1, 0.15) is 39.9 Å². The predicted molar refractivity (Wildman–Crippen MR) is 149 cm³/mol. The smallest absolute Gasteiger partial charge is 0.265 e. The summed E-state index contributed by atoms with van der Waals surface area (Å²) in [6.45, 7) is 4.87. The van der Waals surface area contributed by atoms with Crippen LogP contribution >= 0.6 is 11.8 Å². The molecule has 3 aliphatic rings. The third-order valence-electron chi connectivity index (χ3n) is 7.32. The molecule has 0 bridgehead atoms. The molecule has 194 valence electrons. The zero-order valence-corrected chi connectivity index (χ0v) is 22.2. The molecule has 7 heteroatoms. The van der Waals surface area contributed by atoms with E-state index in [0.29, 0.717) is 56.2 Å². The van der Waals surface area contributed by atoms with Gasteiger partial charge in [0, 0.05) is 36.4 Å². The van der Waals surface area contributed by atoms with Crippen LogP contribution in [0.25, 0.3) is 6.08 Å². The monoisotopic (exact) mass is 526 g/mol. The number of carbonyl (C=O) groups excluding carboxylic acids is 2. The Hall–Kier alpha value is -3.39. The summed E-state index contributed by atoms with van der Waals surface area (Å²) in [5, 5.41) is 0. The van der Waals surface area contributed by atoms with E-state index in [2.05, 4.69) is 6.07 Å². The third kappa shape index (κ3) is 5.01. The van der Waals surface area contributed by atoms with Crippen LogP contribution in [-0.2, 0) is 20.8 Å². The Labute approximate surface area is 227 Å². The number of aryl methyl sites for hydroxylation is 1. The average molecular weight is 527 g/mol. The summed E-state index contributed by atoms with van der Waals surface area (Å²) < 4.78 is 11.6. The first kappa shape index (κ1) is 24.9. The summed E-state index contributed by atoms with van der Waals surface area (Å²) >= 11 is 1.46. The van der Waals surface area contributed by atoms with E-state index in [9.17, 15) is 9.59 Å². The van der Waals surface area contributed by atoms with Crippen molar-refractivity contribution in [1.82, 2.24) is 4.90 Å². The largest absolute Gasteiger partial charge is 0.347 e. The second kappa shape index (κ2) is 10.4. The molecule has 2 fully saturated rings. The normalized spacial score (nSPS) is 19.7. The van der Waals surface area contributed by atoms with E-state index in [1.54, 1.807) is 4.90 Å². The highest BCUT2D eigenvalue weighted by atomic mass is 32.2. The van der Waals surface area contributed by atoms with Gasteiger partial charge in [0.25, 0.3) is 11.8 Å². The zero-order valence-electron chi connectivity index (χ0n) is 21.4. The van der Waals surface area contributed by atoms with Crippen LogP contribution in [0.3, 0.4) is 0 Å². The quantitative estimate of drug-likeness (QED) is 0.411. The van der Waals surface area contributed by atoms with Gasteiger partial charge in [0.15, 0.2) is 5.79 Å². The van der Waals surface area contributed by atoms with Crippen molar-refractivity contribution in [2.45, 2.75) is 37.0 Å². The Morgan fingerprint density at radius 3 is 2.47 bits per heavy atom. The molecular formula is C31H30N2O4S. The number of hydrogen-bond acceptors (Lipinski definition) is 5. The molecule has 6 rings (SSSR count). The van der Waals surface area contributed by atoms with Gasteiger partial charge in [0.1, 0.15) is 0 Å². The van der Waals surface area contributed by atoms with Gasteiger partial charge in [-0.25, -0.2) is 0 Å². The van der Waals surface area contributed by atoms with Crippen LogP contribution in [0.15, 0.2) is 82.6 Å². The number of carbonyl (C=O) groups is 2. The summed E-state index contributed by atoms with van der Waals surface area (Å²) in [7, 11) is 0. The van der Waals surface area contributed by atoms with Gasteiger partial charge in [0.05, 0.1) is 30.4 Å². The number of anilines is 1. The van der Waals surface area contributed by atoms with Gasteiger partial charge >= 0.3 is 0 Å². The minimum absolute atomic E-state index is 0.0285. The van der Waals surface area contributed by atoms with Gasteiger partial charge in [-0.1, -0.05) is 71.9 Å². The van der Waals surface area contributed by atoms with E-state index in [4.69, 9.17) is 9.47 Å². The fourth-order valence-corrected chi connectivity index (χ4v) is 6.35. The van der Waals surface area contributed by atoms with E-state index in [1.165, 1.54) is 11.8 Å². The molecule has 6 nitrogen and oxygen atoms in total. The Kier molecular flexibility index (Phi) is 6.82. The van der Waals surface area contributed by atoms with Crippen molar-refractivity contribution in [3.8, 4) is 0 Å². The lowest BCUT2D eigenvalue weighted by Gasteiger charge is -2.37. The van der Waals surface area contributed by atoms with E-state index < -0.39 is 5.79 Å². The number of benzene rings is 3. The molecule has 1 spiro atoms. The van der Waals surface area contributed by atoms with E-state index >= 15 is 0 Å². The van der Waals surface area contributed by atoms with Crippen LogP contribution < -0.4 is 4.90 Å². The summed E-state index contributed by atoms with van der Waals surface area (Å²) in [6.07, 6.45) is 3.28. The number of hydrogen-bond donors (Lipinski definition) is 0. The molecule has 3 heterocycles. The van der Waals surface area contributed by atoms with Gasteiger partial charge < -0.3 is 19.3 Å². The molecule has 3 aliphatic heterocycles. The van der Waals surface area contributed by atoms with Crippen LogP contribution in [0.4, 0.5) is 5.69 Å². The highest BCUT2D eigenvalue weighted by Crippen LogP contribution is 2.43. The fourth-order valence-electron chi connectivity index (χ4n) is 5.31. The standard InChI is InChI=1S/C31H30N2O4S/c1-22-6-5-9-24(18-22)21-33-26-20-25(29(34)32-14-12-31(13-15-32)36-16-17-37-31)10-11-27(26)38-28(30(33)35)19-23-7-3-2-4-8-23/h2-11,18-20H,12-17,21H2,1H3/b28-19-. The van der Waals surface area contributed by atoms with Crippen LogP contribution in [0, 0.1) is 6.92 Å². The fraction of sp³-hybridized carbons (Fsp3) is 0.290. The average Bonchev–Trinajstić information content (AvgIpc) is 3.39. The number of thioether (sulfide) groups is 1. The minimum Gasteiger partial charge on any atom is -0.347 e. The second-order valence-electron chi connectivity index (χ2n) is 9.98. The molecule has 0 atom stereocenters. The van der Waals surface area contributed by atoms with Crippen molar-refractivity contribution in [2.75, 3.05) is 31.2 Å². The molecule has 2 amide bonds. The second-order valence-corrected chi connectivity index (χ2v) is 11.1. The van der Waals surface area contributed by atoms with Gasteiger partial charge in [0.2, 0.25) is 0 Å². The van der Waals surface area contributed by atoms with Gasteiger partial charge in [-0.05, 0) is 42.3 Å². The Balaban J connectivity index is 1.31. The maximum Gasteiger partial charge on any atom is 0.265 e. The number of rotatable bonds is 4. The van der Waals surface area contributed by atoms with Crippen LogP contribution in [0.2, 0.25) is 0 Å². The maximum atomic E-state index is 13.8. The molecule has 0 unspecified atom stereocenters. The predicted octanol–water partition coefficient (Wildman–Crippen LogP) is 5.65.